The van der Waals surface area contributed by atoms with Crippen molar-refractivity contribution in [2.45, 2.75) is 13.8 Å². The fourth-order valence-corrected chi connectivity index (χ4v) is 3.57. The van der Waals surface area contributed by atoms with Gasteiger partial charge in [0.15, 0.2) is 0 Å². The van der Waals surface area contributed by atoms with E-state index in [1.807, 2.05) is 31.2 Å². The molecule has 0 aliphatic carbocycles. The summed E-state index contributed by atoms with van der Waals surface area (Å²) in [5.74, 6) is -2.40. The van der Waals surface area contributed by atoms with Crippen molar-refractivity contribution in [3.05, 3.63) is 69.6 Å². The average Bonchev–Trinajstić information content (AvgIpc) is 2.91. The Balaban J connectivity index is 1.73. The number of rotatable bonds is 5. The number of thioether (sulfide) groups is 1. The topological polar surface area (TPSA) is 104 Å². The summed E-state index contributed by atoms with van der Waals surface area (Å²) in [7, 11) is 0. The van der Waals surface area contributed by atoms with E-state index >= 15 is 0 Å². The third-order valence-corrected chi connectivity index (χ3v) is 5.14. The lowest BCUT2D eigenvalue weighted by Crippen LogP contribution is -2.36. The molecule has 2 N–H and O–H groups in total. The predicted molar refractivity (Wildman–Crippen MR) is 111 cm³/mol. The lowest BCUT2D eigenvalue weighted by Gasteiger charge is -2.14. The van der Waals surface area contributed by atoms with Crippen LogP contribution in [0.2, 0.25) is 0 Å². The molecule has 3 rings (SSSR count). The van der Waals surface area contributed by atoms with Crippen molar-refractivity contribution in [2.75, 3.05) is 11.9 Å². The number of hydrogen-bond acceptors (Lipinski definition) is 5. The molecular weight excluding hydrogens is 392 g/mol. The number of nitrogens with zero attached hydrogens (tertiary/aromatic N) is 1. The van der Waals surface area contributed by atoms with Gasteiger partial charge in [-0.15, -0.1) is 0 Å². The number of amides is 3. The number of anilines is 1. The van der Waals surface area contributed by atoms with Gasteiger partial charge in [0.05, 0.1) is 16.2 Å². The molecule has 1 fully saturated rings. The van der Waals surface area contributed by atoms with Crippen LogP contribution in [0.4, 0.5) is 10.5 Å². The van der Waals surface area contributed by atoms with Crippen LogP contribution in [0.25, 0.3) is 6.08 Å². The highest BCUT2D eigenvalue weighted by atomic mass is 32.2. The third kappa shape index (κ3) is 4.72. The van der Waals surface area contributed by atoms with E-state index in [4.69, 9.17) is 0 Å². The molecule has 0 bridgehead atoms. The van der Waals surface area contributed by atoms with Gasteiger partial charge >= 0.3 is 5.97 Å². The van der Waals surface area contributed by atoms with Crippen LogP contribution in [0.1, 0.15) is 27.0 Å². The minimum atomic E-state index is -1.19. The number of aromatic carboxylic acids is 1. The van der Waals surface area contributed by atoms with Gasteiger partial charge in [-0.25, -0.2) is 4.79 Å². The number of carboxylic acid groups (broad SMARTS) is 1. The Hall–Kier alpha value is -3.39. The van der Waals surface area contributed by atoms with E-state index in [0.29, 0.717) is 0 Å². The molecule has 2 aromatic rings. The molecule has 3 amide bonds. The fraction of sp³-hybridized carbons (Fsp3) is 0.143. The zero-order valence-corrected chi connectivity index (χ0v) is 16.6. The number of imide groups is 1. The summed E-state index contributed by atoms with van der Waals surface area (Å²) in [6, 6.07) is 12.0. The van der Waals surface area contributed by atoms with E-state index in [0.717, 1.165) is 33.4 Å². The summed E-state index contributed by atoms with van der Waals surface area (Å²) in [4.78, 5) is 49.5. The van der Waals surface area contributed by atoms with Crippen LogP contribution in [0, 0.1) is 13.8 Å². The average molecular weight is 410 g/mol. The van der Waals surface area contributed by atoms with Gasteiger partial charge in [-0.05, 0) is 54.9 Å². The van der Waals surface area contributed by atoms with Crippen molar-refractivity contribution in [1.82, 2.24) is 4.90 Å². The first-order chi connectivity index (χ1) is 13.7. The molecule has 7 nitrogen and oxygen atoms in total. The maximum atomic E-state index is 12.5. The first kappa shape index (κ1) is 20.3. The third-order valence-electron chi connectivity index (χ3n) is 4.23. The zero-order chi connectivity index (χ0) is 21.1. The summed E-state index contributed by atoms with van der Waals surface area (Å²) >= 11 is 0.764. The summed E-state index contributed by atoms with van der Waals surface area (Å²) in [5.41, 5.74) is 2.65. The Morgan fingerprint density at radius 1 is 1.07 bits per heavy atom. The van der Waals surface area contributed by atoms with Crippen LogP contribution in [0.3, 0.4) is 0 Å². The van der Waals surface area contributed by atoms with E-state index in [1.54, 1.807) is 19.1 Å². The molecule has 1 saturated heterocycles. The minimum absolute atomic E-state index is 0.0719. The molecule has 148 valence electrons. The predicted octanol–water partition coefficient (Wildman–Crippen LogP) is 3.68. The zero-order valence-electron chi connectivity index (χ0n) is 15.8. The molecule has 0 radical (unpaired) electrons. The monoisotopic (exact) mass is 410 g/mol. The minimum Gasteiger partial charge on any atom is -0.478 e. The molecule has 0 atom stereocenters. The van der Waals surface area contributed by atoms with E-state index < -0.39 is 29.6 Å². The molecule has 1 aliphatic rings. The number of carbonyl (C=O) groups excluding carboxylic acids is 3. The Kier molecular flexibility index (Phi) is 5.84. The molecule has 0 spiro atoms. The smallest absolute Gasteiger partial charge is 0.337 e. The molecule has 8 heteroatoms. The van der Waals surface area contributed by atoms with Crippen molar-refractivity contribution < 1.29 is 24.3 Å². The Bertz CT molecular complexity index is 1040. The van der Waals surface area contributed by atoms with Crippen LogP contribution >= 0.6 is 11.8 Å². The van der Waals surface area contributed by atoms with Crippen molar-refractivity contribution in [3.8, 4) is 0 Å². The van der Waals surface area contributed by atoms with Crippen molar-refractivity contribution in [2.24, 2.45) is 0 Å². The second-order valence-electron chi connectivity index (χ2n) is 6.58. The van der Waals surface area contributed by atoms with E-state index in [2.05, 4.69) is 5.32 Å². The summed E-state index contributed by atoms with van der Waals surface area (Å²) < 4.78 is 0. The van der Waals surface area contributed by atoms with E-state index in [9.17, 15) is 24.3 Å². The number of carboxylic acids is 1. The van der Waals surface area contributed by atoms with Gasteiger partial charge in [-0.1, -0.05) is 35.9 Å². The molecule has 0 aromatic heterocycles. The standard InChI is InChI=1S/C21H18N2O5S/c1-12-3-6-14(7-4-12)10-17-19(25)23(21(28)29-17)11-18(24)22-16-9-13(2)5-8-15(16)20(26)27/h3-10H,11H2,1-2H3,(H,22,24)(H,26,27)/b17-10-. The molecule has 2 aromatic carbocycles. The van der Waals surface area contributed by atoms with Crippen LogP contribution in [-0.4, -0.2) is 39.6 Å². The number of nitrogens with one attached hydrogen (secondary N) is 1. The van der Waals surface area contributed by atoms with Crippen LogP contribution in [0.5, 0.6) is 0 Å². The van der Waals surface area contributed by atoms with Gasteiger partial charge in [0.25, 0.3) is 11.1 Å². The summed E-state index contributed by atoms with van der Waals surface area (Å²) in [5, 5.41) is 11.2. The number of carbonyl (C=O) groups is 4. The Morgan fingerprint density at radius 3 is 2.38 bits per heavy atom. The second kappa shape index (κ2) is 8.32. The first-order valence-electron chi connectivity index (χ1n) is 8.70. The quantitative estimate of drug-likeness (QED) is 0.729. The number of aryl methyl sites for hydroxylation is 2. The van der Waals surface area contributed by atoms with Gasteiger partial charge in [-0.3, -0.25) is 19.3 Å². The van der Waals surface area contributed by atoms with Crippen LogP contribution in [-0.2, 0) is 9.59 Å². The largest absolute Gasteiger partial charge is 0.478 e. The Labute approximate surface area is 171 Å². The molecule has 1 aliphatic heterocycles. The van der Waals surface area contributed by atoms with Gasteiger partial charge in [0.1, 0.15) is 6.54 Å². The highest BCUT2D eigenvalue weighted by Gasteiger charge is 2.36. The van der Waals surface area contributed by atoms with Crippen molar-refractivity contribution >= 4 is 46.5 Å². The van der Waals surface area contributed by atoms with Gasteiger partial charge in [0, 0.05) is 0 Å². The fourth-order valence-electron chi connectivity index (χ4n) is 2.73. The van der Waals surface area contributed by atoms with Gasteiger partial charge < -0.3 is 10.4 Å². The maximum absolute atomic E-state index is 12.5. The highest BCUT2D eigenvalue weighted by molar-refractivity contribution is 8.18. The lowest BCUT2D eigenvalue weighted by molar-refractivity contribution is -0.127. The summed E-state index contributed by atoms with van der Waals surface area (Å²) in [6.45, 7) is 3.21. The van der Waals surface area contributed by atoms with Crippen LogP contribution in [0.15, 0.2) is 47.4 Å². The SMILES string of the molecule is Cc1ccc(/C=C2\SC(=O)N(CC(=O)Nc3cc(C)ccc3C(=O)O)C2=O)cc1. The molecular formula is C21H18N2O5S. The first-order valence-corrected chi connectivity index (χ1v) is 9.52. The van der Waals surface area contributed by atoms with Crippen molar-refractivity contribution in [3.63, 3.8) is 0 Å². The second-order valence-corrected chi connectivity index (χ2v) is 7.57. The highest BCUT2D eigenvalue weighted by Crippen LogP contribution is 2.32. The summed E-state index contributed by atoms with van der Waals surface area (Å²) in [6.07, 6.45) is 1.60. The molecule has 1 heterocycles. The normalized spacial score (nSPS) is 15.1. The molecule has 0 saturated carbocycles. The Morgan fingerprint density at radius 2 is 1.72 bits per heavy atom. The number of benzene rings is 2. The van der Waals surface area contributed by atoms with Gasteiger partial charge in [-0.2, -0.15) is 0 Å². The van der Waals surface area contributed by atoms with E-state index in [-0.39, 0.29) is 16.2 Å². The molecule has 29 heavy (non-hydrogen) atoms. The lowest BCUT2D eigenvalue weighted by atomic mass is 10.1. The van der Waals surface area contributed by atoms with Gasteiger partial charge in [0.2, 0.25) is 5.91 Å². The molecule has 0 unspecified atom stereocenters. The number of hydrogen-bond donors (Lipinski definition) is 2. The van der Waals surface area contributed by atoms with E-state index in [1.165, 1.54) is 12.1 Å². The van der Waals surface area contributed by atoms with Crippen LogP contribution < -0.4 is 5.32 Å². The maximum Gasteiger partial charge on any atom is 0.337 e. The van der Waals surface area contributed by atoms with Crippen molar-refractivity contribution in [1.29, 1.82) is 0 Å².